The van der Waals surface area contributed by atoms with E-state index in [9.17, 15) is 4.79 Å². The van der Waals surface area contributed by atoms with Gasteiger partial charge >= 0.3 is 0 Å². The van der Waals surface area contributed by atoms with E-state index in [0.29, 0.717) is 21.4 Å². The average Bonchev–Trinajstić information content (AvgIpc) is 2.95. The van der Waals surface area contributed by atoms with Crippen molar-refractivity contribution in [3.63, 3.8) is 0 Å². The van der Waals surface area contributed by atoms with E-state index in [4.69, 9.17) is 16.9 Å². The zero-order valence-corrected chi connectivity index (χ0v) is 13.4. The minimum atomic E-state index is -0.141. The van der Waals surface area contributed by atoms with Gasteiger partial charge in [-0.3, -0.25) is 4.79 Å². The number of rotatable bonds is 4. The lowest BCUT2D eigenvalue weighted by Crippen LogP contribution is -2.14. The van der Waals surface area contributed by atoms with Crippen molar-refractivity contribution in [2.75, 3.05) is 11.1 Å². The van der Waals surface area contributed by atoms with Gasteiger partial charge in [0.25, 0.3) is 0 Å². The Morgan fingerprint density at radius 2 is 2.09 bits per heavy atom. The van der Waals surface area contributed by atoms with E-state index in [1.54, 1.807) is 36.4 Å². The van der Waals surface area contributed by atoms with Crippen LogP contribution in [0.4, 0.5) is 5.69 Å². The Balaban J connectivity index is 1.60. The minimum Gasteiger partial charge on any atom is -0.333 e. The third-order valence-corrected chi connectivity index (χ3v) is 4.17. The number of hydrogen-bond donors (Lipinski definition) is 2. The number of hydrogen-bond acceptors (Lipinski definition) is 4. The van der Waals surface area contributed by atoms with E-state index < -0.39 is 0 Å². The van der Waals surface area contributed by atoms with Crippen LogP contribution in [-0.4, -0.2) is 21.6 Å². The summed E-state index contributed by atoms with van der Waals surface area (Å²) in [4.78, 5) is 19.5. The maximum Gasteiger partial charge on any atom is 0.234 e. The van der Waals surface area contributed by atoms with Crippen LogP contribution >= 0.6 is 23.4 Å². The van der Waals surface area contributed by atoms with E-state index in [-0.39, 0.29) is 11.7 Å². The number of carbonyl (C=O) groups excluding carboxylic acids is 1. The van der Waals surface area contributed by atoms with Gasteiger partial charge in [-0.2, -0.15) is 5.26 Å². The summed E-state index contributed by atoms with van der Waals surface area (Å²) in [5.74, 6) is 0.0892. The highest BCUT2D eigenvalue weighted by atomic mass is 35.5. The van der Waals surface area contributed by atoms with Crippen LogP contribution in [0.25, 0.3) is 11.0 Å². The third kappa shape index (κ3) is 3.83. The molecule has 2 N–H and O–H groups in total. The summed E-state index contributed by atoms with van der Waals surface area (Å²) in [7, 11) is 0. The smallest absolute Gasteiger partial charge is 0.234 e. The van der Waals surface area contributed by atoms with Crippen molar-refractivity contribution < 1.29 is 4.79 Å². The Bertz CT molecular complexity index is 899. The van der Waals surface area contributed by atoms with Gasteiger partial charge in [0.2, 0.25) is 5.91 Å². The van der Waals surface area contributed by atoms with Gasteiger partial charge in [-0.15, -0.1) is 0 Å². The van der Waals surface area contributed by atoms with E-state index >= 15 is 0 Å². The molecular weight excluding hydrogens is 332 g/mol. The largest absolute Gasteiger partial charge is 0.333 e. The van der Waals surface area contributed by atoms with Crippen molar-refractivity contribution in [3.05, 3.63) is 53.1 Å². The van der Waals surface area contributed by atoms with E-state index in [1.165, 1.54) is 11.8 Å². The summed E-state index contributed by atoms with van der Waals surface area (Å²) < 4.78 is 0. The highest BCUT2D eigenvalue weighted by Gasteiger charge is 2.08. The molecule has 3 rings (SSSR count). The van der Waals surface area contributed by atoms with Crippen molar-refractivity contribution in [1.29, 1.82) is 5.26 Å². The molecule has 0 radical (unpaired) electrons. The summed E-state index contributed by atoms with van der Waals surface area (Å²) >= 11 is 7.24. The van der Waals surface area contributed by atoms with Crippen LogP contribution in [-0.2, 0) is 4.79 Å². The predicted octanol–water partition coefficient (Wildman–Crippen LogP) is 3.82. The number of amides is 1. The monoisotopic (exact) mass is 342 g/mol. The van der Waals surface area contributed by atoms with Crippen molar-refractivity contribution in [2.45, 2.75) is 5.16 Å². The lowest BCUT2D eigenvalue weighted by atomic mass is 10.2. The van der Waals surface area contributed by atoms with Crippen LogP contribution < -0.4 is 5.32 Å². The van der Waals surface area contributed by atoms with Crippen molar-refractivity contribution in [3.8, 4) is 6.07 Å². The molecule has 0 aliphatic carbocycles. The zero-order chi connectivity index (χ0) is 16.2. The first kappa shape index (κ1) is 15.4. The Morgan fingerprint density at radius 1 is 1.30 bits per heavy atom. The zero-order valence-electron chi connectivity index (χ0n) is 11.8. The van der Waals surface area contributed by atoms with E-state index in [0.717, 1.165) is 11.0 Å². The number of nitrogens with one attached hydrogen (secondary N) is 2. The van der Waals surface area contributed by atoms with Crippen molar-refractivity contribution >= 4 is 46.0 Å². The van der Waals surface area contributed by atoms with E-state index in [2.05, 4.69) is 15.3 Å². The van der Waals surface area contributed by atoms with Gasteiger partial charge < -0.3 is 10.3 Å². The molecule has 5 nitrogen and oxygen atoms in total. The molecule has 1 aromatic heterocycles. The van der Waals surface area contributed by atoms with Crippen LogP contribution in [0.5, 0.6) is 0 Å². The summed E-state index contributed by atoms with van der Waals surface area (Å²) in [6.07, 6.45) is 0. The summed E-state index contributed by atoms with van der Waals surface area (Å²) in [6, 6.07) is 14.1. The number of anilines is 1. The number of nitrogens with zero attached hydrogens (tertiary/aromatic N) is 2. The molecule has 0 atom stereocenters. The molecule has 0 unspecified atom stereocenters. The molecule has 1 heterocycles. The maximum absolute atomic E-state index is 11.9. The van der Waals surface area contributed by atoms with Gasteiger partial charge in [-0.1, -0.05) is 23.4 Å². The minimum absolute atomic E-state index is 0.141. The van der Waals surface area contributed by atoms with Gasteiger partial charge in [0, 0.05) is 10.7 Å². The topological polar surface area (TPSA) is 81.6 Å². The summed E-state index contributed by atoms with van der Waals surface area (Å²) in [5, 5.41) is 12.8. The molecule has 0 bridgehead atoms. The molecular formula is C16H11ClN4OS. The van der Waals surface area contributed by atoms with Crippen molar-refractivity contribution in [2.24, 2.45) is 0 Å². The molecule has 0 aliphatic heterocycles. The third-order valence-electron chi connectivity index (χ3n) is 3.06. The number of benzene rings is 2. The number of aromatic amines is 1. The van der Waals surface area contributed by atoms with Crippen molar-refractivity contribution in [1.82, 2.24) is 9.97 Å². The van der Waals surface area contributed by atoms with Crippen LogP contribution in [0.2, 0.25) is 5.02 Å². The standard InChI is InChI=1S/C16H11ClN4OS/c17-11-3-6-13-14(7-11)21-16(20-13)23-9-15(22)19-12-4-1-10(8-18)2-5-12/h1-7H,9H2,(H,19,22)(H,20,21). The first-order valence-corrected chi connectivity index (χ1v) is 8.08. The fraction of sp³-hybridized carbons (Fsp3) is 0.0625. The summed E-state index contributed by atoms with van der Waals surface area (Å²) in [5.41, 5.74) is 2.86. The molecule has 1 amide bonds. The number of fused-ring (bicyclic) bond motifs is 1. The van der Waals surface area contributed by atoms with Gasteiger partial charge in [0.1, 0.15) is 0 Å². The number of H-pyrrole nitrogens is 1. The number of aromatic nitrogens is 2. The number of nitriles is 1. The first-order chi connectivity index (χ1) is 11.1. The van der Waals surface area contributed by atoms with Gasteiger partial charge in [-0.05, 0) is 42.5 Å². The molecule has 114 valence electrons. The fourth-order valence-corrected chi connectivity index (χ4v) is 2.84. The Morgan fingerprint density at radius 3 is 2.83 bits per heavy atom. The molecule has 0 aliphatic rings. The molecule has 23 heavy (non-hydrogen) atoms. The highest BCUT2D eigenvalue weighted by Crippen LogP contribution is 2.22. The number of carbonyl (C=O) groups is 1. The van der Waals surface area contributed by atoms with Crippen LogP contribution in [0, 0.1) is 11.3 Å². The van der Waals surface area contributed by atoms with Gasteiger partial charge in [0.15, 0.2) is 5.16 Å². The van der Waals surface area contributed by atoms with E-state index in [1.807, 2.05) is 12.1 Å². The molecule has 7 heteroatoms. The second-order valence-electron chi connectivity index (χ2n) is 4.73. The van der Waals surface area contributed by atoms with Crippen LogP contribution in [0.15, 0.2) is 47.6 Å². The fourth-order valence-electron chi connectivity index (χ4n) is 1.99. The Hall–Kier alpha value is -2.49. The molecule has 2 aromatic carbocycles. The lowest BCUT2D eigenvalue weighted by Gasteiger charge is -2.03. The molecule has 0 spiro atoms. The molecule has 0 saturated carbocycles. The highest BCUT2D eigenvalue weighted by molar-refractivity contribution is 7.99. The number of thioether (sulfide) groups is 1. The SMILES string of the molecule is N#Cc1ccc(NC(=O)CSc2nc3ccc(Cl)cc3[nH]2)cc1. The van der Waals surface area contributed by atoms with Crippen LogP contribution in [0.1, 0.15) is 5.56 Å². The lowest BCUT2D eigenvalue weighted by molar-refractivity contribution is -0.113. The Labute approximate surface area is 141 Å². The normalized spacial score (nSPS) is 10.4. The maximum atomic E-state index is 11.9. The molecule has 3 aromatic rings. The van der Waals surface area contributed by atoms with Crippen LogP contribution in [0.3, 0.4) is 0 Å². The Kier molecular flexibility index (Phi) is 4.51. The average molecular weight is 343 g/mol. The number of halogens is 1. The second kappa shape index (κ2) is 6.73. The molecule has 0 fully saturated rings. The second-order valence-corrected chi connectivity index (χ2v) is 6.13. The summed E-state index contributed by atoms with van der Waals surface area (Å²) in [6.45, 7) is 0. The quantitative estimate of drug-likeness (QED) is 0.706. The first-order valence-electron chi connectivity index (χ1n) is 6.72. The number of imidazole rings is 1. The van der Waals surface area contributed by atoms with Gasteiger partial charge in [-0.25, -0.2) is 4.98 Å². The van der Waals surface area contributed by atoms with Gasteiger partial charge in [0.05, 0.1) is 28.4 Å². The predicted molar refractivity (Wildman–Crippen MR) is 91.6 cm³/mol. The molecule has 0 saturated heterocycles.